The van der Waals surface area contributed by atoms with Crippen LogP contribution in [0.5, 0.6) is 0 Å². The Labute approximate surface area is 114 Å². The summed E-state index contributed by atoms with van der Waals surface area (Å²) in [5.74, 6) is 1.47. The second kappa shape index (κ2) is 5.63. The van der Waals surface area contributed by atoms with Crippen molar-refractivity contribution in [3.05, 3.63) is 28.8 Å². The van der Waals surface area contributed by atoms with Crippen LogP contribution in [0.4, 0.5) is 5.69 Å². The van der Waals surface area contributed by atoms with Crippen LogP contribution in [0.2, 0.25) is 5.02 Å². The fourth-order valence-corrected chi connectivity index (χ4v) is 2.96. The molecule has 1 saturated carbocycles. The Balaban J connectivity index is 2.12. The van der Waals surface area contributed by atoms with Crippen LogP contribution in [0.15, 0.2) is 18.2 Å². The molecule has 3 heteroatoms. The molecule has 2 rings (SSSR count). The minimum Gasteiger partial charge on any atom is -0.381 e. The quantitative estimate of drug-likeness (QED) is 0.855. The molecule has 3 atom stereocenters. The van der Waals surface area contributed by atoms with Gasteiger partial charge in [-0.25, -0.2) is 0 Å². The van der Waals surface area contributed by atoms with Crippen LogP contribution in [0.3, 0.4) is 0 Å². The van der Waals surface area contributed by atoms with E-state index >= 15 is 0 Å². The van der Waals surface area contributed by atoms with E-state index in [1.54, 1.807) is 12.1 Å². The number of anilines is 1. The van der Waals surface area contributed by atoms with Gasteiger partial charge in [-0.3, -0.25) is 0 Å². The third kappa shape index (κ3) is 2.97. The SMILES string of the molecule is CC1CCC(Nc2cc(C#N)ccc2Cl)C(C)C1. The largest absolute Gasteiger partial charge is 0.381 e. The molecule has 1 fully saturated rings. The Morgan fingerprint density at radius 3 is 2.78 bits per heavy atom. The van der Waals surface area contributed by atoms with Gasteiger partial charge in [-0.1, -0.05) is 25.4 Å². The topological polar surface area (TPSA) is 35.8 Å². The molecule has 0 amide bonds. The van der Waals surface area contributed by atoms with E-state index < -0.39 is 0 Å². The zero-order valence-corrected chi connectivity index (χ0v) is 11.7. The van der Waals surface area contributed by atoms with Crippen molar-refractivity contribution in [3.63, 3.8) is 0 Å². The van der Waals surface area contributed by atoms with Crippen molar-refractivity contribution in [2.45, 2.75) is 39.2 Å². The summed E-state index contributed by atoms with van der Waals surface area (Å²) < 4.78 is 0. The van der Waals surface area contributed by atoms with E-state index in [1.807, 2.05) is 6.07 Å². The van der Waals surface area contributed by atoms with Crippen LogP contribution in [0.1, 0.15) is 38.7 Å². The lowest BCUT2D eigenvalue weighted by molar-refractivity contribution is 0.276. The molecule has 1 aromatic carbocycles. The molecule has 96 valence electrons. The molecular weight excluding hydrogens is 244 g/mol. The maximum atomic E-state index is 8.92. The van der Waals surface area contributed by atoms with Crippen LogP contribution in [-0.4, -0.2) is 6.04 Å². The number of nitrogens with one attached hydrogen (secondary N) is 1. The summed E-state index contributed by atoms with van der Waals surface area (Å²) in [4.78, 5) is 0. The first-order valence-electron chi connectivity index (χ1n) is 6.56. The molecule has 2 nitrogen and oxygen atoms in total. The van der Waals surface area contributed by atoms with E-state index in [4.69, 9.17) is 16.9 Å². The average Bonchev–Trinajstić information content (AvgIpc) is 2.35. The molecule has 1 aliphatic rings. The number of nitrogens with zero attached hydrogens (tertiary/aromatic N) is 1. The normalized spacial score (nSPS) is 27.6. The van der Waals surface area contributed by atoms with Gasteiger partial charge in [0.1, 0.15) is 0 Å². The molecule has 0 bridgehead atoms. The van der Waals surface area contributed by atoms with E-state index in [0.717, 1.165) is 11.6 Å². The van der Waals surface area contributed by atoms with Crippen molar-refractivity contribution >= 4 is 17.3 Å². The summed E-state index contributed by atoms with van der Waals surface area (Å²) in [5.41, 5.74) is 1.54. The number of nitriles is 1. The Hall–Kier alpha value is -1.20. The molecule has 0 radical (unpaired) electrons. The standard InChI is InChI=1S/C15H19ClN2/c1-10-3-6-14(11(2)7-10)18-15-8-12(9-17)4-5-13(15)16/h4-5,8,10-11,14,18H,3,6-7H2,1-2H3. The number of benzene rings is 1. The summed E-state index contributed by atoms with van der Waals surface area (Å²) in [7, 11) is 0. The highest BCUT2D eigenvalue weighted by Gasteiger charge is 2.25. The van der Waals surface area contributed by atoms with E-state index in [-0.39, 0.29) is 0 Å². The van der Waals surface area contributed by atoms with E-state index in [9.17, 15) is 0 Å². The van der Waals surface area contributed by atoms with Crippen LogP contribution in [-0.2, 0) is 0 Å². The van der Waals surface area contributed by atoms with Crippen molar-refractivity contribution in [3.8, 4) is 6.07 Å². The molecule has 0 aromatic heterocycles. The fourth-order valence-electron chi connectivity index (χ4n) is 2.78. The molecular formula is C15H19ClN2. The third-order valence-corrected chi connectivity index (χ3v) is 4.20. The Kier molecular flexibility index (Phi) is 4.14. The van der Waals surface area contributed by atoms with Gasteiger partial charge in [-0.2, -0.15) is 5.26 Å². The predicted octanol–water partition coefficient (Wildman–Crippen LogP) is 4.45. The Morgan fingerprint density at radius 2 is 2.11 bits per heavy atom. The molecule has 1 N–H and O–H groups in total. The van der Waals surface area contributed by atoms with Gasteiger partial charge in [-0.05, 0) is 49.3 Å². The molecule has 1 aliphatic carbocycles. The second-order valence-corrected chi connectivity index (χ2v) is 5.86. The molecule has 0 aliphatic heterocycles. The van der Waals surface area contributed by atoms with E-state index in [1.165, 1.54) is 19.3 Å². The van der Waals surface area contributed by atoms with Gasteiger partial charge >= 0.3 is 0 Å². The zero-order chi connectivity index (χ0) is 13.1. The maximum absolute atomic E-state index is 8.92. The van der Waals surface area contributed by atoms with Gasteiger partial charge in [0.25, 0.3) is 0 Å². The number of halogens is 1. The highest BCUT2D eigenvalue weighted by Crippen LogP contribution is 2.32. The van der Waals surface area contributed by atoms with Gasteiger partial charge < -0.3 is 5.32 Å². The summed E-state index contributed by atoms with van der Waals surface area (Å²) in [6.07, 6.45) is 3.69. The first-order chi connectivity index (χ1) is 8.60. The molecule has 0 heterocycles. The van der Waals surface area contributed by atoms with Crippen molar-refractivity contribution in [2.75, 3.05) is 5.32 Å². The molecule has 0 saturated heterocycles. The fraction of sp³-hybridized carbons (Fsp3) is 0.533. The van der Waals surface area contributed by atoms with Crippen molar-refractivity contribution in [1.82, 2.24) is 0 Å². The lowest BCUT2D eigenvalue weighted by atomic mass is 9.80. The monoisotopic (exact) mass is 262 g/mol. The van der Waals surface area contributed by atoms with Gasteiger partial charge in [0, 0.05) is 6.04 Å². The minimum absolute atomic E-state index is 0.465. The number of hydrogen-bond acceptors (Lipinski definition) is 2. The lowest BCUT2D eigenvalue weighted by Crippen LogP contribution is -2.33. The van der Waals surface area contributed by atoms with E-state index in [0.29, 0.717) is 22.5 Å². The first kappa shape index (κ1) is 13.2. The highest BCUT2D eigenvalue weighted by atomic mass is 35.5. The summed E-state index contributed by atoms with van der Waals surface area (Å²) >= 11 is 6.18. The summed E-state index contributed by atoms with van der Waals surface area (Å²) in [6, 6.07) is 8.00. The van der Waals surface area contributed by atoms with Crippen molar-refractivity contribution < 1.29 is 0 Å². The van der Waals surface area contributed by atoms with Gasteiger partial charge in [0.15, 0.2) is 0 Å². The maximum Gasteiger partial charge on any atom is 0.0992 e. The van der Waals surface area contributed by atoms with Crippen LogP contribution >= 0.6 is 11.6 Å². The zero-order valence-electron chi connectivity index (χ0n) is 10.9. The molecule has 1 aromatic rings. The lowest BCUT2D eigenvalue weighted by Gasteiger charge is -2.34. The number of hydrogen-bond donors (Lipinski definition) is 1. The first-order valence-corrected chi connectivity index (χ1v) is 6.94. The predicted molar refractivity (Wildman–Crippen MR) is 75.8 cm³/mol. The van der Waals surface area contributed by atoms with Crippen molar-refractivity contribution in [1.29, 1.82) is 5.26 Å². The molecule has 3 unspecified atom stereocenters. The summed E-state index contributed by atoms with van der Waals surface area (Å²) in [5, 5.41) is 13.1. The summed E-state index contributed by atoms with van der Waals surface area (Å²) in [6.45, 7) is 4.60. The van der Waals surface area contributed by atoms with Gasteiger partial charge in [0.05, 0.1) is 22.3 Å². The van der Waals surface area contributed by atoms with E-state index in [2.05, 4.69) is 25.2 Å². The van der Waals surface area contributed by atoms with Crippen molar-refractivity contribution in [2.24, 2.45) is 11.8 Å². The van der Waals surface area contributed by atoms with Gasteiger partial charge in [0.2, 0.25) is 0 Å². The molecule has 0 spiro atoms. The smallest absolute Gasteiger partial charge is 0.0992 e. The minimum atomic E-state index is 0.465. The van der Waals surface area contributed by atoms with Gasteiger partial charge in [-0.15, -0.1) is 0 Å². The highest BCUT2D eigenvalue weighted by molar-refractivity contribution is 6.33. The van der Waals surface area contributed by atoms with Crippen LogP contribution in [0, 0.1) is 23.2 Å². The Bertz CT molecular complexity index is 464. The van der Waals surface area contributed by atoms with Crippen LogP contribution < -0.4 is 5.32 Å². The average molecular weight is 263 g/mol. The number of rotatable bonds is 2. The molecule has 18 heavy (non-hydrogen) atoms. The third-order valence-electron chi connectivity index (χ3n) is 3.87. The Morgan fingerprint density at radius 1 is 1.33 bits per heavy atom. The second-order valence-electron chi connectivity index (χ2n) is 5.45. The van der Waals surface area contributed by atoms with Crippen LogP contribution in [0.25, 0.3) is 0 Å².